The number of nitrogens with one attached hydrogen (secondary N) is 2. The summed E-state index contributed by atoms with van der Waals surface area (Å²) in [5, 5.41) is 15.8. The summed E-state index contributed by atoms with van der Waals surface area (Å²) in [6, 6.07) is 10.8. The number of nitrogens with two attached hydrogens (primary N) is 1. The number of hydrogen-bond donors (Lipinski definition) is 3. The normalized spacial score (nSPS) is 11.3. The molecule has 27 heavy (non-hydrogen) atoms. The van der Waals surface area contributed by atoms with E-state index < -0.39 is 22.8 Å². The molecule has 0 saturated heterocycles. The van der Waals surface area contributed by atoms with Gasteiger partial charge in [-0.25, -0.2) is 0 Å². The molecule has 0 radical (unpaired) electrons. The quantitative estimate of drug-likeness (QED) is 0.498. The number of nitrogens with zero attached hydrogens (tertiary/aromatic N) is 1. The minimum Gasteiger partial charge on any atom is -0.368 e. The summed E-state index contributed by atoms with van der Waals surface area (Å²) < 4.78 is 0. The van der Waals surface area contributed by atoms with E-state index in [1.54, 1.807) is 12.1 Å². The average molecular weight is 370 g/mol. The lowest BCUT2D eigenvalue weighted by Gasteiger charge is -2.16. The number of carbonyl (C=O) groups is 3. The summed E-state index contributed by atoms with van der Waals surface area (Å²) in [4.78, 5) is 45.4. The number of non-ortho nitro benzene ring substituents is 1. The molecular weight excluding hydrogens is 352 g/mol. The third-order valence-corrected chi connectivity index (χ3v) is 3.68. The van der Waals surface area contributed by atoms with Crippen molar-refractivity contribution in [1.82, 2.24) is 5.32 Å². The molecule has 140 valence electrons. The maximum Gasteiger partial charge on any atom is 0.269 e. The van der Waals surface area contributed by atoms with Gasteiger partial charge in [0.2, 0.25) is 11.8 Å². The van der Waals surface area contributed by atoms with Crippen LogP contribution in [0.4, 0.5) is 11.4 Å². The molecule has 1 atom stereocenters. The van der Waals surface area contributed by atoms with Crippen LogP contribution >= 0.6 is 0 Å². The molecule has 9 heteroatoms. The van der Waals surface area contributed by atoms with Gasteiger partial charge < -0.3 is 16.4 Å². The first-order valence-corrected chi connectivity index (χ1v) is 7.97. The molecule has 9 nitrogen and oxygen atoms in total. The summed E-state index contributed by atoms with van der Waals surface area (Å²) >= 11 is 0. The number of carbonyl (C=O) groups excluding carboxylic acids is 3. The van der Waals surface area contributed by atoms with E-state index in [0.29, 0.717) is 11.3 Å². The summed E-state index contributed by atoms with van der Waals surface area (Å²) in [6.45, 7) is 1.35. The lowest BCUT2D eigenvalue weighted by molar-refractivity contribution is -0.384. The first kappa shape index (κ1) is 19.6. The fourth-order valence-corrected chi connectivity index (χ4v) is 2.40. The number of hydrogen-bond acceptors (Lipinski definition) is 5. The van der Waals surface area contributed by atoms with Gasteiger partial charge in [-0.2, -0.15) is 0 Å². The van der Waals surface area contributed by atoms with Crippen molar-refractivity contribution in [3.8, 4) is 0 Å². The molecule has 0 bridgehead atoms. The molecule has 2 rings (SSSR count). The van der Waals surface area contributed by atoms with Gasteiger partial charge in [0.1, 0.15) is 6.04 Å². The van der Waals surface area contributed by atoms with Crippen LogP contribution < -0.4 is 16.4 Å². The van der Waals surface area contributed by atoms with Crippen molar-refractivity contribution >= 4 is 29.1 Å². The maximum atomic E-state index is 12.4. The Morgan fingerprint density at radius 1 is 1.15 bits per heavy atom. The van der Waals surface area contributed by atoms with Crippen LogP contribution in [0.3, 0.4) is 0 Å². The largest absolute Gasteiger partial charge is 0.368 e. The first-order valence-electron chi connectivity index (χ1n) is 7.97. The number of primary amides is 1. The third-order valence-electron chi connectivity index (χ3n) is 3.68. The fourth-order valence-electron chi connectivity index (χ4n) is 2.40. The minimum atomic E-state index is -0.997. The second kappa shape index (κ2) is 8.56. The first-order chi connectivity index (χ1) is 12.8. The second-order valence-corrected chi connectivity index (χ2v) is 5.82. The van der Waals surface area contributed by atoms with Gasteiger partial charge in [0.15, 0.2) is 0 Å². The van der Waals surface area contributed by atoms with Crippen LogP contribution in [-0.4, -0.2) is 28.7 Å². The predicted molar refractivity (Wildman–Crippen MR) is 98.0 cm³/mol. The lowest BCUT2D eigenvalue weighted by Crippen LogP contribution is -2.45. The highest BCUT2D eigenvalue weighted by molar-refractivity contribution is 5.99. The van der Waals surface area contributed by atoms with E-state index in [2.05, 4.69) is 10.6 Å². The van der Waals surface area contributed by atoms with Crippen LogP contribution in [-0.2, 0) is 16.0 Å². The monoisotopic (exact) mass is 370 g/mol. The molecule has 0 heterocycles. The van der Waals surface area contributed by atoms with Crippen LogP contribution in [0.15, 0.2) is 48.5 Å². The number of benzene rings is 2. The molecule has 4 N–H and O–H groups in total. The zero-order valence-corrected chi connectivity index (χ0v) is 14.5. The Morgan fingerprint density at radius 3 is 2.37 bits per heavy atom. The molecule has 0 aromatic heterocycles. The zero-order valence-electron chi connectivity index (χ0n) is 14.5. The van der Waals surface area contributed by atoms with E-state index in [1.807, 2.05) is 0 Å². The van der Waals surface area contributed by atoms with E-state index in [1.165, 1.54) is 43.3 Å². The molecule has 3 amide bonds. The van der Waals surface area contributed by atoms with E-state index in [4.69, 9.17) is 5.73 Å². The van der Waals surface area contributed by atoms with Gasteiger partial charge in [-0.05, 0) is 23.8 Å². The minimum absolute atomic E-state index is 0.0757. The Labute approximate surface area is 154 Å². The topological polar surface area (TPSA) is 144 Å². The summed E-state index contributed by atoms with van der Waals surface area (Å²) in [5.41, 5.74) is 6.59. The number of rotatable bonds is 7. The van der Waals surface area contributed by atoms with Crippen LogP contribution in [0.25, 0.3) is 0 Å². The Hall–Kier alpha value is -3.75. The van der Waals surface area contributed by atoms with E-state index in [0.717, 1.165) is 0 Å². The number of amides is 3. The standard InChI is InChI=1S/C18H18N4O5/c1-11(23)20-14-4-2-3-13(10-14)18(25)21-16(17(19)24)9-12-5-7-15(8-6-12)22(26)27/h2-8,10,16H,9H2,1H3,(H2,19,24)(H,20,23)(H,21,25)/t16-/m0/s1. The smallest absolute Gasteiger partial charge is 0.269 e. The van der Waals surface area contributed by atoms with Crippen LogP contribution in [0.1, 0.15) is 22.8 Å². The van der Waals surface area contributed by atoms with E-state index >= 15 is 0 Å². The molecule has 0 aliphatic carbocycles. The number of nitro benzene ring substituents is 1. The van der Waals surface area contributed by atoms with Crippen LogP contribution in [0.2, 0.25) is 0 Å². The molecule has 0 unspecified atom stereocenters. The molecule has 0 aliphatic heterocycles. The Morgan fingerprint density at radius 2 is 1.81 bits per heavy atom. The lowest BCUT2D eigenvalue weighted by atomic mass is 10.0. The molecule has 0 saturated carbocycles. The van der Waals surface area contributed by atoms with Gasteiger partial charge in [-0.15, -0.1) is 0 Å². The average Bonchev–Trinajstić information content (AvgIpc) is 2.61. The maximum absolute atomic E-state index is 12.4. The van der Waals surface area contributed by atoms with Gasteiger partial charge in [-0.1, -0.05) is 18.2 Å². The Balaban J connectivity index is 2.11. The van der Waals surface area contributed by atoms with Gasteiger partial charge in [0.05, 0.1) is 4.92 Å². The van der Waals surface area contributed by atoms with Crippen molar-refractivity contribution in [3.05, 3.63) is 69.8 Å². The van der Waals surface area contributed by atoms with Crippen molar-refractivity contribution in [2.75, 3.05) is 5.32 Å². The summed E-state index contributed by atoms with van der Waals surface area (Å²) in [5.74, 6) is -1.55. The SMILES string of the molecule is CC(=O)Nc1cccc(C(=O)N[C@@H](Cc2ccc([N+](=O)[O-])cc2)C(N)=O)c1. The van der Waals surface area contributed by atoms with Crippen molar-refractivity contribution in [3.63, 3.8) is 0 Å². The molecule has 0 aliphatic rings. The van der Waals surface area contributed by atoms with Gasteiger partial charge >= 0.3 is 0 Å². The van der Waals surface area contributed by atoms with Gasteiger partial charge in [0.25, 0.3) is 11.6 Å². The Kier molecular flexibility index (Phi) is 6.21. The van der Waals surface area contributed by atoms with Crippen molar-refractivity contribution in [2.45, 2.75) is 19.4 Å². The zero-order chi connectivity index (χ0) is 20.0. The molecule has 2 aromatic rings. The molecule has 2 aromatic carbocycles. The number of anilines is 1. The predicted octanol–water partition coefficient (Wildman–Crippen LogP) is 1.38. The highest BCUT2D eigenvalue weighted by Gasteiger charge is 2.20. The fraction of sp³-hybridized carbons (Fsp3) is 0.167. The van der Waals surface area contributed by atoms with E-state index in [-0.39, 0.29) is 23.6 Å². The molecule has 0 fully saturated rings. The van der Waals surface area contributed by atoms with Gasteiger partial charge in [0, 0.05) is 36.7 Å². The summed E-state index contributed by atoms with van der Waals surface area (Å²) in [7, 11) is 0. The van der Waals surface area contributed by atoms with Crippen molar-refractivity contribution < 1.29 is 19.3 Å². The highest BCUT2D eigenvalue weighted by atomic mass is 16.6. The molecule has 0 spiro atoms. The highest BCUT2D eigenvalue weighted by Crippen LogP contribution is 2.14. The summed E-state index contributed by atoms with van der Waals surface area (Å²) in [6.07, 6.45) is 0.0878. The van der Waals surface area contributed by atoms with Crippen molar-refractivity contribution in [2.24, 2.45) is 5.73 Å². The van der Waals surface area contributed by atoms with Crippen molar-refractivity contribution in [1.29, 1.82) is 0 Å². The third kappa shape index (κ3) is 5.63. The van der Waals surface area contributed by atoms with Gasteiger partial charge in [-0.3, -0.25) is 24.5 Å². The molecular formula is C18H18N4O5. The van der Waals surface area contributed by atoms with E-state index in [9.17, 15) is 24.5 Å². The Bertz CT molecular complexity index is 880. The second-order valence-electron chi connectivity index (χ2n) is 5.82. The van der Waals surface area contributed by atoms with Crippen LogP contribution in [0.5, 0.6) is 0 Å². The number of nitro groups is 1. The van der Waals surface area contributed by atoms with Crippen LogP contribution in [0, 0.1) is 10.1 Å².